The molecule has 3 nitrogen and oxygen atoms in total. The molecule has 0 aromatic rings. The second kappa shape index (κ2) is 5.84. The SMILES string of the molecule is C[N@+]12CCCC[C@H]1[C@@H](COCCC#N)CCC2. The van der Waals surface area contributed by atoms with Gasteiger partial charge < -0.3 is 9.22 Å². The van der Waals surface area contributed by atoms with E-state index in [1.165, 1.54) is 49.7 Å². The molecule has 0 spiro atoms. The molecule has 3 heteroatoms. The largest absolute Gasteiger partial charge is 0.380 e. The Kier molecular flexibility index (Phi) is 4.42. The van der Waals surface area contributed by atoms with E-state index < -0.39 is 0 Å². The fraction of sp³-hybridized carbons (Fsp3) is 0.929. The molecule has 0 bridgehead atoms. The lowest BCUT2D eigenvalue weighted by atomic mass is 9.82. The molecule has 0 unspecified atom stereocenters. The molecule has 2 saturated heterocycles. The zero-order chi connectivity index (χ0) is 12.1. The highest BCUT2D eigenvalue weighted by molar-refractivity contribution is 4.79. The summed E-state index contributed by atoms with van der Waals surface area (Å²) in [4.78, 5) is 0. The fourth-order valence-corrected chi connectivity index (χ4v) is 3.78. The summed E-state index contributed by atoms with van der Waals surface area (Å²) in [6.07, 6.45) is 7.37. The van der Waals surface area contributed by atoms with Crippen LogP contribution in [0, 0.1) is 17.2 Å². The summed E-state index contributed by atoms with van der Waals surface area (Å²) in [7, 11) is 2.44. The average molecular weight is 237 g/mol. The molecule has 0 saturated carbocycles. The molecule has 2 rings (SSSR count). The first-order valence-electron chi connectivity index (χ1n) is 7.05. The quantitative estimate of drug-likeness (QED) is 0.555. The van der Waals surface area contributed by atoms with Gasteiger partial charge in [-0.3, -0.25) is 0 Å². The number of nitriles is 1. The maximum absolute atomic E-state index is 8.50. The van der Waals surface area contributed by atoms with Gasteiger partial charge in [0.15, 0.2) is 0 Å². The Balaban J connectivity index is 1.86. The van der Waals surface area contributed by atoms with Crippen LogP contribution >= 0.6 is 0 Å². The lowest BCUT2D eigenvalue weighted by Crippen LogP contribution is -2.61. The standard InChI is InChI=1S/C14H25N2O/c1-16-9-3-2-7-14(16)13(6-4-10-16)12-17-11-5-8-15/h13-14H,2-7,9-12H2,1H3/q+1/t13-,14+,16-/m1/s1. The van der Waals surface area contributed by atoms with E-state index in [0.29, 0.717) is 13.0 Å². The van der Waals surface area contributed by atoms with Crippen molar-refractivity contribution in [2.75, 3.05) is 33.4 Å². The smallest absolute Gasteiger partial charge is 0.0939 e. The van der Waals surface area contributed by atoms with Crippen molar-refractivity contribution in [3.8, 4) is 6.07 Å². The van der Waals surface area contributed by atoms with Crippen LogP contribution in [0.1, 0.15) is 38.5 Å². The van der Waals surface area contributed by atoms with Gasteiger partial charge in [-0.15, -0.1) is 0 Å². The monoisotopic (exact) mass is 237 g/mol. The number of ether oxygens (including phenoxy) is 1. The molecule has 0 radical (unpaired) electrons. The van der Waals surface area contributed by atoms with Crippen molar-refractivity contribution in [3.63, 3.8) is 0 Å². The zero-order valence-corrected chi connectivity index (χ0v) is 11.0. The Bertz CT molecular complexity index is 282. The average Bonchev–Trinajstić information content (AvgIpc) is 2.34. The number of piperidine rings is 2. The summed E-state index contributed by atoms with van der Waals surface area (Å²) in [5.41, 5.74) is 0. The van der Waals surface area contributed by atoms with E-state index in [1.807, 2.05) is 0 Å². The van der Waals surface area contributed by atoms with Crippen molar-refractivity contribution < 1.29 is 9.22 Å². The lowest BCUT2D eigenvalue weighted by Gasteiger charge is -2.51. The molecular formula is C14H25N2O+. The Morgan fingerprint density at radius 3 is 2.88 bits per heavy atom. The van der Waals surface area contributed by atoms with E-state index in [0.717, 1.165) is 18.6 Å². The second-order valence-electron chi connectivity index (χ2n) is 5.88. The van der Waals surface area contributed by atoms with E-state index in [-0.39, 0.29) is 0 Å². The molecule has 2 aliphatic heterocycles. The van der Waals surface area contributed by atoms with E-state index in [4.69, 9.17) is 10.00 Å². The third-order valence-electron chi connectivity index (χ3n) is 4.70. The molecule has 2 heterocycles. The third kappa shape index (κ3) is 3.00. The number of hydrogen-bond acceptors (Lipinski definition) is 2. The van der Waals surface area contributed by atoms with Crippen molar-refractivity contribution in [1.29, 1.82) is 5.26 Å². The minimum atomic E-state index is 0.531. The van der Waals surface area contributed by atoms with E-state index in [1.54, 1.807) is 0 Å². The van der Waals surface area contributed by atoms with Crippen molar-refractivity contribution in [2.45, 2.75) is 44.6 Å². The van der Waals surface area contributed by atoms with Crippen LogP contribution in [0.5, 0.6) is 0 Å². The van der Waals surface area contributed by atoms with Gasteiger partial charge in [0.1, 0.15) is 0 Å². The minimum Gasteiger partial charge on any atom is -0.380 e. The number of quaternary nitrogens is 1. The van der Waals surface area contributed by atoms with E-state index in [9.17, 15) is 0 Å². The molecule has 0 N–H and O–H groups in total. The topological polar surface area (TPSA) is 33.0 Å². The Hall–Kier alpha value is -0.590. The summed E-state index contributed by atoms with van der Waals surface area (Å²) < 4.78 is 6.96. The van der Waals surface area contributed by atoms with Crippen LogP contribution in [-0.4, -0.2) is 43.9 Å². The van der Waals surface area contributed by atoms with Gasteiger partial charge in [-0.1, -0.05) is 0 Å². The van der Waals surface area contributed by atoms with Gasteiger partial charge in [-0.25, -0.2) is 0 Å². The van der Waals surface area contributed by atoms with Gasteiger partial charge in [-0.2, -0.15) is 5.26 Å². The molecule has 0 aromatic carbocycles. The molecule has 96 valence electrons. The Labute approximate surface area is 105 Å². The van der Waals surface area contributed by atoms with Gasteiger partial charge >= 0.3 is 0 Å². The normalized spacial score (nSPS) is 37.2. The summed E-state index contributed by atoms with van der Waals surface area (Å²) in [5, 5.41) is 8.50. The van der Waals surface area contributed by atoms with Crippen molar-refractivity contribution in [1.82, 2.24) is 0 Å². The summed E-state index contributed by atoms with van der Waals surface area (Å²) in [6.45, 7) is 4.21. The van der Waals surface area contributed by atoms with Crippen LogP contribution < -0.4 is 0 Å². The summed E-state index contributed by atoms with van der Waals surface area (Å²) >= 11 is 0. The first-order chi connectivity index (χ1) is 8.26. The highest BCUT2D eigenvalue weighted by Gasteiger charge is 2.43. The van der Waals surface area contributed by atoms with Crippen LogP contribution in [0.25, 0.3) is 0 Å². The number of hydrogen-bond donors (Lipinski definition) is 0. The molecule has 0 aromatic heterocycles. The molecule has 17 heavy (non-hydrogen) atoms. The highest BCUT2D eigenvalue weighted by Crippen LogP contribution is 2.35. The van der Waals surface area contributed by atoms with Crippen LogP contribution in [0.3, 0.4) is 0 Å². The van der Waals surface area contributed by atoms with Crippen molar-refractivity contribution in [3.05, 3.63) is 0 Å². The summed E-state index contributed by atoms with van der Waals surface area (Å²) in [6, 6.07) is 2.96. The Morgan fingerprint density at radius 2 is 2.06 bits per heavy atom. The first kappa shape index (κ1) is 12.9. The fourth-order valence-electron chi connectivity index (χ4n) is 3.78. The number of fused-ring (bicyclic) bond motifs is 1. The third-order valence-corrected chi connectivity index (χ3v) is 4.70. The van der Waals surface area contributed by atoms with Crippen molar-refractivity contribution >= 4 is 0 Å². The van der Waals surface area contributed by atoms with E-state index >= 15 is 0 Å². The van der Waals surface area contributed by atoms with Gasteiger partial charge in [-0.05, 0) is 25.7 Å². The van der Waals surface area contributed by atoms with E-state index in [2.05, 4.69) is 13.1 Å². The molecule has 2 fully saturated rings. The van der Waals surface area contributed by atoms with Gasteiger partial charge in [0.2, 0.25) is 0 Å². The predicted molar refractivity (Wildman–Crippen MR) is 67.3 cm³/mol. The van der Waals surface area contributed by atoms with Crippen molar-refractivity contribution in [2.24, 2.45) is 5.92 Å². The molecular weight excluding hydrogens is 212 g/mol. The van der Waals surface area contributed by atoms with Gasteiger partial charge in [0.05, 0.1) is 51.9 Å². The number of nitrogens with zero attached hydrogens (tertiary/aromatic N) is 2. The second-order valence-corrected chi connectivity index (χ2v) is 5.88. The molecule has 2 aliphatic rings. The Morgan fingerprint density at radius 1 is 1.24 bits per heavy atom. The molecule has 3 atom stereocenters. The predicted octanol–water partition coefficient (Wildman–Crippen LogP) is 2.33. The molecule has 0 amide bonds. The first-order valence-corrected chi connectivity index (χ1v) is 7.05. The van der Waals surface area contributed by atoms with Gasteiger partial charge in [0.25, 0.3) is 0 Å². The summed E-state index contributed by atoms with van der Waals surface area (Å²) in [5.74, 6) is 0.729. The highest BCUT2D eigenvalue weighted by atomic mass is 16.5. The lowest BCUT2D eigenvalue weighted by molar-refractivity contribution is -0.947. The van der Waals surface area contributed by atoms with Crippen LogP contribution in [-0.2, 0) is 4.74 Å². The minimum absolute atomic E-state index is 0.531. The van der Waals surface area contributed by atoms with Crippen LogP contribution in [0.15, 0.2) is 0 Å². The van der Waals surface area contributed by atoms with Crippen LogP contribution in [0.2, 0.25) is 0 Å². The maximum atomic E-state index is 8.50. The number of rotatable bonds is 4. The van der Waals surface area contributed by atoms with Crippen LogP contribution in [0.4, 0.5) is 0 Å². The molecule has 0 aliphatic carbocycles. The maximum Gasteiger partial charge on any atom is 0.0939 e. The zero-order valence-electron chi connectivity index (χ0n) is 11.0. The van der Waals surface area contributed by atoms with Gasteiger partial charge in [0, 0.05) is 12.3 Å².